The molecular formula is C13H25BrFN3O. The molecule has 0 heterocycles. The van der Waals surface area contributed by atoms with Gasteiger partial charge in [-0.25, -0.2) is 0 Å². The highest BCUT2D eigenvalue weighted by Gasteiger charge is 2.28. The Kier molecular flexibility index (Phi) is 8.37. The molecular weight excluding hydrogens is 313 g/mol. The minimum Gasteiger partial charge on any atom is -0.381 e. The van der Waals surface area contributed by atoms with Crippen LogP contribution in [0.15, 0.2) is 4.99 Å². The average Bonchev–Trinajstić information content (AvgIpc) is 2.38. The summed E-state index contributed by atoms with van der Waals surface area (Å²) >= 11 is 3.73. The molecule has 4 nitrogen and oxygen atoms in total. The lowest BCUT2D eigenvalue weighted by molar-refractivity contribution is 0.0790. The van der Waals surface area contributed by atoms with Crippen molar-refractivity contribution in [1.29, 1.82) is 0 Å². The first-order valence-electron chi connectivity index (χ1n) is 6.96. The van der Waals surface area contributed by atoms with E-state index in [4.69, 9.17) is 16.2 Å². The number of rotatable bonds is 8. The van der Waals surface area contributed by atoms with Crippen LogP contribution in [0.4, 0.5) is 4.39 Å². The largest absolute Gasteiger partial charge is 0.381 e. The van der Waals surface area contributed by atoms with Gasteiger partial charge in [0.25, 0.3) is 0 Å². The van der Waals surface area contributed by atoms with Crippen molar-refractivity contribution in [1.82, 2.24) is 0 Å². The molecule has 0 aliphatic heterocycles. The number of halogens is 2. The van der Waals surface area contributed by atoms with E-state index in [0.29, 0.717) is 36.2 Å². The highest BCUT2D eigenvalue weighted by atomic mass is 79.9. The van der Waals surface area contributed by atoms with Crippen molar-refractivity contribution in [3.05, 3.63) is 0 Å². The summed E-state index contributed by atoms with van der Waals surface area (Å²) < 4.78 is 17.5. The fourth-order valence-electron chi connectivity index (χ4n) is 2.38. The lowest BCUT2D eigenvalue weighted by Crippen LogP contribution is -2.31. The Bertz CT molecular complexity index is 275. The number of hydrogen-bond acceptors (Lipinski definition) is 2. The Morgan fingerprint density at radius 1 is 1.32 bits per heavy atom. The number of nitrogens with two attached hydrogens (primary N) is 2. The Morgan fingerprint density at radius 3 is 2.74 bits per heavy atom. The van der Waals surface area contributed by atoms with Crippen molar-refractivity contribution in [3.63, 3.8) is 0 Å². The van der Waals surface area contributed by atoms with Gasteiger partial charge in [0.1, 0.15) is 0 Å². The second-order valence-corrected chi connectivity index (χ2v) is 6.37. The molecule has 1 aliphatic carbocycles. The standard InChI is InChI=1S/C13H25BrFN3O/c14-12-7-10(8-18-13(16)17)3-4-11(12)9-19-6-2-1-5-15/h10-12H,1-9H2,(H4,16,17,18). The summed E-state index contributed by atoms with van der Waals surface area (Å²) in [6, 6.07) is 0. The van der Waals surface area contributed by atoms with Crippen LogP contribution in [-0.2, 0) is 4.74 Å². The molecule has 0 spiro atoms. The van der Waals surface area contributed by atoms with Crippen molar-refractivity contribution < 1.29 is 9.13 Å². The fourth-order valence-corrected chi connectivity index (χ4v) is 3.33. The number of ether oxygens (including phenoxy) is 1. The summed E-state index contributed by atoms with van der Waals surface area (Å²) in [5.74, 6) is 1.26. The maximum atomic E-state index is 11.9. The molecule has 3 atom stereocenters. The number of nitrogens with zero attached hydrogens (tertiary/aromatic N) is 1. The Balaban J connectivity index is 2.17. The number of unbranched alkanes of at least 4 members (excludes halogenated alkanes) is 1. The van der Waals surface area contributed by atoms with Gasteiger partial charge in [-0.3, -0.25) is 9.38 Å². The topological polar surface area (TPSA) is 73.6 Å². The van der Waals surface area contributed by atoms with E-state index in [-0.39, 0.29) is 12.6 Å². The number of guanidine groups is 1. The zero-order chi connectivity index (χ0) is 14.1. The average molecular weight is 338 g/mol. The molecule has 0 amide bonds. The maximum Gasteiger partial charge on any atom is 0.185 e. The molecule has 0 aromatic rings. The third-order valence-electron chi connectivity index (χ3n) is 3.55. The molecule has 0 bridgehead atoms. The van der Waals surface area contributed by atoms with Crippen molar-refractivity contribution in [2.75, 3.05) is 26.4 Å². The molecule has 6 heteroatoms. The molecule has 0 saturated heterocycles. The minimum absolute atomic E-state index is 0.171. The lowest BCUT2D eigenvalue weighted by Gasteiger charge is -2.32. The van der Waals surface area contributed by atoms with E-state index in [2.05, 4.69) is 20.9 Å². The van der Waals surface area contributed by atoms with Gasteiger partial charge in [-0.2, -0.15) is 0 Å². The monoisotopic (exact) mass is 337 g/mol. The molecule has 0 radical (unpaired) electrons. The first-order valence-corrected chi connectivity index (χ1v) is 7.88. The van der Waals surface area contributed by atoms with Crippen LogP contribution in [0.3, 0.4) is 0 Å². The van der Waals surface area contributed by atoms with Crippen LogP contribution in [-0.4, -0.2) is 37.2 Å². The van der Waals surface area contributed by atoms with Crippen molar-refractivity contribution >= 4 is 21.9 Å². The van der Waals surface area contributed by atoms with Crippen LogP contribution < -0.4 is 11.5 Å². The van der Waals surface area contributed by atoms with Gasteiger partial charge in [-0.05, 0) is 43.9 Å². The SMILES string of the molecule is NC(N)=NCC1CCC(COCCCCF)C(Br)C1. The summed E-state index contributed by atoms with van der Waals surface area (Å²) in [6.45, 7) is 1.89. The van der Waals surface area contributed by atoms with Gasteiger partial charge in [-0.1, -0.05) is 15.9 Å². The lowest BCUT2D eigenvalue weighted by atomic mass is 9.82. The quantitative estimate of drug-likeness (QED) is 0.308. The first-order chi connectivity index (χ1) is 9.13. The summed E-state index contributed by atoms with van der Waals surface area (Å²) in [7, 11) is 0. The first kappa shape index (κ1) is 16.7. The second kappa shape index (κ2) is 9.53. The normalized spacial score (nSPS) is 27.2. The second-order valence-electron chi connectivity index (χ2n) is 5.19. The van der Waals surface area contributed by atoms with E-state index in [1.165, 1.54) is 0 Å². The van der Waals surface area contributed by atoms with Crippen molar-refractivity contribution in [2.24, 2.45) is 28.3 Å². The van der Waals surface area contributed by atoms with Crippen LogP contribution in [0.25, 0.3) is 0 Å². The van der Waals surface area contributed by atoms with E-state index in [0.717, 1.165) is 32.3 Å². The van der Waals surface area contributed by atoms with E-state index < -0.39 is 0 Å². The highest BCUT2D eigenvalue weighted by Crippen LogP contribution is 2.34. The molecule has 1 rings (SSSR count). The molecule has 4 N–H and O–H groups in total. The fraction of sp³-hybridized carbons (Fsp3) is 0.923. The van der Waals surface area contributed by atoms with E-state index in [1.807, 2.05) is 0 Å². The molecule has 0 aromatic heterocycles. The zero-order valence-corrected chi connectivity index (χ0v) is 12.9. The van der Waals surface area contributed by atoms with Gasteiger partial charge >= 0.3 is 0 Å². The summed E-state index contributed by atoms with van der Waals surface area (Å²) in [6.07, 6.45) is 4.75. The molecule has 19 heavy (non-hydrogen) atoms. The van der Waals surface area contributed by atoms with Gasteiger partial charge in [0.2, 0.25) is 0 Å². The van der Waals surface area contributed by atoms with Crippen molar-refractivity contribution in [3.8, 4) is 0 Å². The molecule has 1 saturated carbocycles. The van der Waals surface area contributed by atoms with Gasteiger partial charge in [0.15, 0.2) is 5.96 Å². The van der Waals surface area contributed by atoms with Gasteiger partial charge in [0.05, 0.1) is 13.3 Å². The molecule has 1 aliphatic rings. The predicted molar refractivity (Wildman–Crippen MR) is 80.3 cm³/mol. The molecule has 112 valence electrons. The van der Waals surface area contributed by atoms with Gasteiger partial charge < -0.3 is 16.2 Å². The Morgan fingerprint density at radius 2 is 2.11 bits per heavy atom. The van der Waals surface area contributed by atoms with Crippen LogP contribution >= 0.6 is 15.9 Å². The third-order valence-corrected chi connectivity index (χ3v) is 4.67. The maximum absolute atomic E-state index is 11.9. The predicted octanol–water partition coefficient (Wildman–Crippen LogP) is 2.21. The zero-order valence-electron chi connectivity index (χ0n) is 11.4. The van der Waals surface area contributed by atoms with Crippen LogP contribution in [0.1, 0.15) is 32.1 Å². The number of alkyl halides is 2. The van der Waals surface area contributed by atoms with Crippen LogP contribution in [0, 0.1) is 11.8 Å². The van der Waals surface area contributed by atoms with Crippen molar-refractivity contribution in [2.45, 2.75) is 36.9 Å². The number of aliphatic imine (C=N–C) groups is 1. The van der Waals surface area contributed by atoms with Crippen LogP contribution in [0.5, 0.6) is 0 Å². The number of hydrogen-bond donors (Lipinski definition) is 2. The van der Waals surface area contributed by atoms with E-state index in [9.17, 15) is 4.39 Å². The van der Waals surface area contributed by atoms with Gasteiger partial charge in [-0.15, -0.1) is 0 Å². The molecule has 1 fully saturated rings. The highest BCUT2D eigenvalue weighted by molar-refractivity contribution is 9.09. The minimum atomic E-state index is -0.250. The molecule has 0 aromatic carbocycles. The van der Waals surface area contributed by atoms with E-state index in [1.54, 1.807) is 0 Å². The summed E-state index contributed by atoms with van der Waals surface area (Å²) in [5.41, 5.74) is 10.7. The summed E-state index contributed by atoms with van der Waals surface area (Å²) in [4.78, 5) is 4.55. The Labute approximate surface area is 123 Å². The van der Waals surface area contributed by atoms with Gasteiger partial charge in [0, 0.05) is 18.0 Å². The smallest absolute Gasteiger partial charge is 0.185 e. The van der Waals surface area contributed by atoms with E-state index >= 15 is 0 Å². The third kappa shape index (κ3) is 7.11. The summed E-state index contributed by atoms with van der Waals surface area (Å²) in [5, 5.41) is 0. The Hall–Kier alpha value is -0.360. The van der Waals surface area contributed by atoms with Crippen LogP contribution in [0.2, 0.25) is 0 Å². The molecule has 3 unspecified atom stereocenters.